The van der Waals surface area contributed by atoms with Gasteiger partial charge in [-0.25, -0.2) is 8.42 Å². The number of hydrogen-bond donors (Lipinski definition) is 0. The first kappa shape index (κ1) is 22.3. The molecular weight excluding hydrogens is 420 g/mol. The molecule has 0 N–H and O–H groups in total. The van der Waals surface area contributed by atoms with E-state index in [1.54, 1.807) is 31.3 Å². The Morgan fingerprint density at radius 3 is 2.52 bits per heavy atom. The minimum absolute atomic E-state index is 0.0404. The van der Waals surface area contributed by atoms with Crippen molar-refractivity contribution in [2.24, 2.45) is 0 Å². The average Bonchev–Trinajstić information content (AvgIpc) is 3.21. The van der Waals surface area contributed by atoms with Crippen LogP contribution in [0.2, 0.25) is 0 Å². The third-order valence-corrected chi connectivity index (χ3v) is 5.86. The van der Waals surface area contributed by atoms with Crippen LogP contribution in [0.5, 0.6) is 5.75 Å². The largest absolute Gasteiger partial charge is 0.497 e. The molecule has 31 heavy (non-hydrogen) atoms. The molecule has 0 aliphatic heterocycles. The van der Waals surface area contributed by atoms with Crippen LogP contribution in [0.25, 0.3) is 11.4 Å². The van der Waals surface area contributed by atoms with Crippen LogP contribution < -0.4 is 9.04 Å². The molecule has 0 fully saturated rings. The van der Waals surface area contributed by atoms with Gasteiger partial charge in [-0.1, -0.05) is 41.6 Å². The number of hydrogen-bond acceptors (Lipinski definition) is 7. The summed E-state index contributed by atoms with van der Waals surface area (Å²) in [5.74, 6) is 0.721. The lowest BCUT2D eigenvalue weighted by molar-refractivity contribution is -0.131. The van der Waals surface area contributed by atoms with E-state index in [1.165, 1.54) is 18.9 Å². The molecule has 3 rings (SSSR count). The van der Waals surface area contributed by atoms with Gasteiger partial charge in [0.25, 0.3) is 0 Å². The second kappa shape index (κ2) is 9.17. The zero-order valence-corrected chi connectivity index (χ0v) is 18.5. The van der Waals surface area contributed by atoms with Crippen molar-refractivity contribution < 1.29 is 22.5 Å². The lowest BCUT2D eigenvalue weighted by Gasteiger charge is -2.30. The number of benzene rings is 2. The molecule has 0 aliphatic rings. The number of anilines is 1. The fraction of sp³-hybridized carbons (Fsp3) is 0.286. The van der Waals surface area contributed by atoms with Crippen molar-refractivity contribution in [3.63, 3.8) is 0 Å². The van der Waals surface area contributed by atoms with Crippen molar-refractivity contribution in [3.05, 3.63) is 60.5 Å². The normalized spacial score (nSPS) is 12.3. The lowest BCUT2D eigenvalue weighted by atomic mass is 10.2. The molecule has 0 bridgehead atoms. The summed E-state index contributed by atoms with van der Waals surface area (Å²) in [4.78, 5) is 18.7. The molecule has 3 aromatic rings. The van der Waals surface area contributed by atoms with Crippen molar-refractivity contribution >= 4 is 21.6 Å². The van der Waals surface area contributed by atoms with Crippen molar-refractivity contribution in [3.8, 4) is 17.1 Å². The first-order valence-corrected chi connectivity index (χ1v) is 11.3. The van der Waals surface area contributed by atoms with Crippen LogP contribution in [-0.2, 0) is 21.4 Å². The Labute approximate surface area is 181 Å². The smallest absolute Gasteiger partial charge is 0.246 e. The second-order valence-electron chi connectivity index (χ2n) is 7.01. The minimum Gasteiger partial charge on any atom is -0.497 e. The number of likely N-dealkylation sites (N-methyl/N-ethyl adjacent to an activating group) is 1. The Morgan fingerprint density at radius 1 is 1.16 bits per heavy atom. The van der Waals surface area contributed by atoms with Gasteiger partial charge in [-0.2, -0.15) is 4.98 Å². The summed E-state index contributed by atoms with van der Waals surface area (Å²) in [6.45, 7) is 1.57. The molecule has 2 aromatic carbocycles. The maximum absolute atomic E-state index is 13.0. The standard InChI is InChI=1S/C21H24N4O5S/c1-15(25(31(4,27)28)17-11-8-12-18(13-17)29-3)21(26)24(2)14-19-22-20(23-30-19)16-9-6-5-7-10-16/h5-13,15H,14H2,1-4H3. The molecule has 0 spiro atoms. The summed E-state index contributed by atoms with van der Waals surface area (Å²) in [6.07, 6.45) is 1.06. The van der Waals surface area contributed by atoms with Crippen LogP contribution in [-0.4, -0.2) is 55.8 Å². The number of carbonyl (C=O) groups excluding carboxylic acids is 1. The number of sulfonamides is 1. The van der Waals surface area contributed by atoms with Gasteiger partial charge >= 0.3 is 0 Å². The lowest BCUT2D eigenvalue weighted by Crippen LogP contribution is -2.48. The Kier molecular flexibility index (Phi) is 6.59. The molecular formula is C21H24N4O5S. The predicted molar refractivity (Wildman–Crippen MR) is 116 cm³/mol. The maximum Gasteiger partial charge on any atom is 0.246 e. The second-order valence-corrected chi connectivity index (χ2v) is 8.87. The van der Waals surface area contributed by atoms with Crippen LogP contribution in [0, 0.1) is 0 Å². The molecule has 9 nitrogen and oxygen atoms in total. The van der Waals surface area contributed by atoms with E-state index in [1.807, 2.05) is 30.3 Å². The molecule has 0 saturated carbocycles. The molecule has 1 aromatic heterocycles. The van der Waals surface area contributed by atoms with Gasteiger partial charge in [-0.15, -0.1) is 0 Å². The average molecular weight is 445 g/mol. The molecule has 0 saturated heterocycles. The van der Waals surface area contributed by atoms with Crippen LogP contribution in [0.15, 0.2) is 59.1 Å². The number of carbonyl (C=O) groups is 1. The highest BCUT2D eigenvalue weighted by Gasteiger charge is 2.31. The zero-order valence-electron chi connectivity index (χ0n) is 17.7. The zero-order chi connectivity index (χ0) is 22.6. The number of methoxy groups -OCH3 is 1. The molecule has 10 heteroatoms. The predicted octanol–water partition coefficient (Wildman–Crippen LogP) is 2.56. The van der Waals surface area contributed by atoms with Crippen molar-refractivity contribution in [1.82, 2.24) is 15.0 Å². The summed E-state index contributed by atoms with van der Waals surface area (Å²) in [5.41, 5.74) is 1.13. The quantitative estimate of drug-likeness (QED) is 0.526. The molecule has 164 valence electrons. The van der Waals surface area contributed by atoms with Gasteiger partial charge in [0, 0.05) is 18.7 Å². The molecule has 1 heterocycles. The SMILES string of the molecule is COc1cccc(N(C(C)C(=O)N(C)Cc2nc(-c3ccccc3)no2)S(C)(=O)=O)c1. The van der Waals surface area contributed by atoms with Crippen molar-refractivity contribution in [2.75, 3.05) is 24.7 Å². The number of amides is 1. The van der Waals surface area contributed by atoms with E-state index in [0.29, 0.717) is 17.3 Å². The summed E-state index contributed by atoms with van der Waals surface area (Å²) in [5, 5.41) is 3.94. The van der Waals surface area contributed by atoms with E-state index in [0.717, 1.165) is 16.1 Å². The molecule has 1 atom stereocenters. The Balaban J connectivity index is 1.79. The fourth-order valence-electron chi connectivity index (χ4n) is 3.17. The molecule has 0 aliphatic carbocycles. The molecule has 1 unspecified atom stereocenters. The third-order valence-electron chi connectivity index (χ3n) is 4.62. The summed E-state index contributed by atoms with van der Waals surface area (Å²) in [7, 11) is -0.707. The van der Waals surface area contributed by atoms with Gasteiger partial charge in [-0.05, 0) is 19.1 Å². The summed E-state index contributed by atoms with van der Waals surface area (Å²) >= 11 is 0. The van der Waals surface area contributed by atoms with Gasteiger partial charge in [0.1, 0.15) is 11.8 Å². The maximum atomic E-state index is 13.0. The first-order valence-electron chi connectivity index (χ1n) is 9.47. The van der Waals surface area contributed by atoms with E-state index in [2.05, 4.69) is 10.1 Å². The van der Waals surface area contributed by atoms with Gasteiger partial charge < -0.3 is 14.2 Å². The first-order chi connectivity index (χ1) is 14.7. The van der Waals surface area contributed by atoms with Gasteiger partial charge in [0.2, 0.25) is 27.6 Å². The number of nitrogens with zero attached hydrogens (tertiary/aromatic N) is 4. The number of rotatable bonds is 8. The minimum atomic E-state index is -3.75. The topological polar surface area (TPSA) is 106 Å². The van der Waals surface area contributed by atoms with E-state index < -0.39 is 22.0 Å². The summed E-state index contributed by atoms with van der Waals surface area (Å²) < 4.78 is 36.5. The Bertz CT molecular complexity index is 1150. The summed E-state index contributed by atoms with van der Waals surface area (Å²) in [6, 6.07) is 14.8. The van der Waals surface area contributed by atoms with Gasteiger partial charge in [-0.3, -0.25) is 9.10 Å². The Morgan fingerprint density at radius 2 is 1.87 bits per heavy atom. The van der Waals surface area contributed by atoms with E-state index in [9.17, 15) is 13.2 Å². The highest BCUT2D eigenvalue weighted by molar-refractivity contribution is 7.92. The van der Waals surface area contributed by atoms with Crippen LogP contribution in [0.3, 0.4) is 0 Å². The van der Waals surface area contributed by atoms with Crippen LogP contribution in [0.4, 0.5) is 5.69 Å². The van der Waals surface area contributed by atoms with E-state index >= 15 is 0 Å². The van der Waals surface area contributed by atoms with Crippen LogP contribution >= 0.6 is 0 Å². The van der Waals surface area contributed by atoms with Crippen molar-refractivity contribution in [1.29, 1.82) is 0 Å². The number of aromatic nitrogens is 2. The van der Waals surface area contributed by atoms with Crippen molar-refractivity contribution in [2.45, 2.75) is 19.5 Å². The van der Waals surface area contributed by atoms with E-state index in [4.69, 9.17) is 9.26 Å². The van der Waals surface area contributed by atoms with Gasteiger partial charge in [0.05, 0.1) is 25.6 Å². The molecule has 1 amide bonds. The highest BCUT2D eigenvalue weighted by atomic mass is 32.2. The monoisotopic (exact) mass is 444 g/mol. The Hall–Kier alpha value is -3.40. The third kappa shape index (κ3) is 5.21. The number of ether oxygens (including phenoxy) is 1. The highest BCUT2D eigenvalue weighted by Crippen LogP contribution is 2.26. The van der Waals surface area contributed by atoms with Gasteiger partial charge in [0.15, 0.2) is 0 Å². The van der Waals surface area contributed by atoms with E-state index in [-0.39, 0.29) is 12.4 Å². The molecule has 0 radical (unpaired) electrons. The fourth-order valence-corrected chi connectivity index (χ4v) is 4.33. The van der Waals surface area contributed by atoms with Crippen LogP contribution in [0.1, 0.15) is 12.8 Å².